The van der Waals surface area contributed by atoms with Gasteiger partial charge in [-0.05, 0) is 67.3 Å². The first-order valence-electron chi connectivity index (χ1n) is 9.22. The molecule has 3 nitrogen and oxygen atoms in total. The zero-order chi connectivity index (χ0) is 20.1. The maximum Gasteiger partial charge on any atom is 0.345 e. The summed E-state index contributed by atoms with van der Waals surface area (Å²) < 4.78 is 5.97. The maximum atomic E-state index is 11.9. The van der Waals surface area contributed by atoms with Crippen LogP contribution in [0.5, 0.6) is 5.75 Å². The number of aliphatic carboxylic acids is 1. The fraction of sp³-hybridized carbons (Fsp3) is 0.208. The van der Waals surface area contributed by atoms with Gasteiger partial charge in [-0.1, -0.05) is 54.2 Å². The first kappa shape index (κ1) is 20.0. The molecule has 144 valence electrons. The Morgan fingerprint density at radius 1 is 1.00 bits per heavy atom. The van der Waals surface area contributed by atoms with Crippen LogP contribution in [0.2, 0.25) is 0 Å². The van der Waals surface area contributed by atoms with Gasteiger partial charge in [0, 0.05) is 16.2 Å². The molecular weight excluding hydrogens is 368 g/mol. The van der Waals surface area contributed by atoms with Crippen LogP contribution in [0.15, 0.2) is 76.5 Å². The van der Waals surface area contributed by atoms with E-state index >= 15 is 0 Å². The summed E-state index contributed by atoms with van der Waals surface area (Å²) in [6.07, 6.45) is -0.643. The van der Waals surface area contributed by atoms with Crippen molar-refractivity contribution in [1.29, 1.82) is 0 Å². The molecule has 0 aliphatic carbocycles. The normalized spacial score (nSPS) is 11.8. The van der Waals surface area contributed by atoms with Crippen LogP contribution in [0.1, 0.15) is 22.3 Å². The lowest BCUT2D eigenvalue weighted by Crippen LogP contribution is -2.30. The molecule has 1 N–H and O–H groups in total. The Kier molecular flexibility index (Phi) is 6.42. The number of hydrogen-bond acceptors (Lipinski definition) is 3. The van der Waals surface area contributed by atoms with Crippen LogP contribution in [-0.4, -0.2) is 17.2 Å². The molecule has 3 aromatic rings. The molecule has 0 aliphatic rings. The summed E-state index contributed by atoms with van der Waals surface area (Å²) in [6.45, 7) is 5.96. The Morgan fingerprint density at radius 3 is 2.39 bits per heavy atom. The van der Waals surface area contributed by atoms with E-state index in [0.29, 0.717) is 12.2 Å². The highest BCUT2D eigenvalue weighted by atomic mass is 32.2. The second-order valence-corrected chi connectivity index (χ2v) is 7.99. The van der Waals surface area contributed by atoms with E-state index in [1.54, 1.807) is 11.8 Å². The van der Waals surface area contributed by atoms with E-state index in [4.69, 9.17) is 4.74 Å². The molecule has 0 saturated heterocycles. The standard InChI is InChI=1S/C24H24O3S/c1-16-13-17(2)18(3)21(14-16)27-22(24(25)26)15-19-9-7-8-12-23(19)28-20-10-5-4-6-11-20/h4-14,22H,15H2,1-3H3,(H,25,26). The van der Waals surface area contributed by atoms with E-state index in [1.165, 1.54) is 0 Å². The van der Waals surface area contributed by atoms with Crippen molar-refractivity contribution in [2.75, 3.05) is 0 Å². The fourth-order valence-corrected chi connectivity index (χ4v) is 4.02. The van der Waals surface area contributed by atoms with E-state index in [1.807, 2.05) is 81.4 Å². The van der Waals surface area contributed by atoms with Gasteiger partial charge < -0.3 is 9.84 Å². The van der Waals surface area contributed by atoms with Gasteiger partial charge in [0.15, 0.2) is 6.10 Å². The average molecular weight is 393 g/mol. The van der Waals surface area contributed by atoms with Crippen LogP contribution in [-0.2, 0) is 11.2 Å². The van der Waals surface area contributed by atoms with Crippen LogP contribution < -0.4 is 4.74 Å². The van der Waals surface area contributed by atoms with E-state index in [2.05, 4.69) is 6.07 Å². The minimum atomic E-state index is -0.960. The molecule has 0 heterocycles. The van der Waals surface area contributed by atoms with Gasteiger partial charge in [0.1, 0.15) is 5.75 Å². The third-order valence-corrected chi connectivity index (χ3v) is 5.78. The van der Waals surface area contributed by atoms with Gasteiger partial charge in [-0.2, -0.15) is 0 Å². The first-order chi connectivity index (χ1) is 13.4. The SMILES string of the molecule is Cc1cc(C)c(C)c(OC(Cc2ccccc2Sc2ccccc2)C(=O)O)c1. The van der Waals surface area contributed by atoms with Crippen LogP contribution in [0, 0.1) is 20.8 Å². The Hall–Kier alpha value is -2.72. The molecule has 1 atom stereocenters. The van der Waals surface area contributed by atoms with Crippen LogP contribution in [0.25, 0.3) is 0 Å². The van der Waals surface area contributed by atoms with Crippen molar-refractivity contribution in [1.82, 2.24) is 0 Å². The number of rotatable bonds is 7. The molecule has 3 rings (SSSR count). The van der Waals surface area contributed by atoms with Crippen molar-refractivity contribution in [3.8, 4) is 5.75 Å². The van der Waals surface area contributed by atoms with Crippen LogP contribution in [0.3, 0.4) is 0 Å². The number of carboxylic acids is 1. The van der Waals surface area contributed by atoms with Crippen LogP contribution in [0.4, 0.5) is 0 Å². The third-order valence-electron chi connectivity index (χ3n) is 4.66. The van der Waals surface area contributed by atoms with Crippen molar-refractivity contribution < 1.29 is 14.6 Å². The van der Waals surface area contributed by atoms with Gasteiger partial charge in [-0.15, -0.1) is 0 Å². The number of carboxylic acid groups (broad SMARTS) is 1. The van der Waals surface area contributed by atoms with Gasteiger partial charge in [-0.3, -0.25) is 0 Å². The highest BCUT2D eigenvalue weighted by Gasteiger charge is 2.23. The molecule has 0 radical (unpaired) electrons. The largest absolute Gasteiger partial charge is 0.478 e. The van der Waals surface area contributed by atoms with Crippen LogP contribution >= 0.6 is 11.8 Å². The monoisotopic (exact) mass is 392 g/mol. The number of benzene rings is 3. The minimum absolute atomic E-state index is 0.303. The summed E-state index contributed by atoms with van der Waals surface area (Å²) in [5, 5.41) is 9.77. The molecule has 4 heteroatoms. The summed E-state index contributed by atoms with van der Waals surface area (Å²) in [4.78, 5) is 14.1. The second-order valence-electron chi connectivity index (χ2n) is 6.88. The smallest absolute Gasteiger partial charge is 0.345 e. The molecule has 3 aromatic carbocycles. The maximum absolute atomic E-state index is 11.9. The number of aryl methyl sites for hydroxylation is 2. The minimum Gasteiger partial charge on any atom is -0.478 e. The molecule has 0 aromatic heterocycles. The molecule has 0 fully saturated rings. The molecule has 28 heavy (non-hydrogen) atoms. The predicted molar refractivity (Wildman–Crippen MR) is 113 cm³/mol. The molecule has 0 spiro atoms. The molecule has 0 saturated carbocycles. The van der Waals surface area contributed by atoms with Crippen molar-refractivity contribution >= 4 is 17.7 Å². The number of hydrogen-bond donors (Lipinski definition) is 1. The number of ether oxygens (including phenoxy) is 1. The molecule has 0 amide bonds. The topological polar surface area (TPSA) is 46.5 Å². The second kappa shape index (κ2) is 8.98. The highest BCUT2D eigenvalue weighted by Crippen LogP contribution is 2.32. The Balaban J connectivity index is 1.85. The van der Waals surface area contributed by atoms with Crippen molar-refractivity contribution in [3.63, 3.8) is 0 Å². The van der Waals surface area contributed by atoms with Gasteiger partial charge in [0.05, 0.1) is 0 Å². The summed E-state index contributed by atoms with van der Waals surface area (Å²) >= 11 is 1.63. The summed E-state index contributed by atoms with van der Waals surface area (Å²) in [5.41, 5.74) is 4.09. The molecule has 0 bridgehead atoms. The molecule has 0 aliphatic heterocycles. The Labute approximate surface area is 170 Å². The average Bonchev–Trinajstić information content (AvgIpc) is 2.67. The predicted octanol–water partition coefficient (Wildman–Crippen LogP) is 5.84. The first-order valence-corrected chi connectivity index (χ1v) is 10.0. The quantitative estimate of drug-likeness (QED) is 0.549. The van der Waals surface area contributed by atoms with E-state index in [9.17, 15) is 9.90 Å². The van der Waals surface area contributed by atoms with E-state index in [0.717, 1.165) is 32.0 Å². The van der Waals surface area contributed by atoms with Crippen molar-refractivity contribution in [2.24, 2.45) is 0 Å². The summed E-state index contributed by atoms with van der Waals surface area (Å²) in [7, 11) is 0. The lowest BCUT2D eigenvalue weighted by atomic mass is 10.0. The number of carbonyl (C=O) groups is 1. The zero-order valence-corrected chi connectivity index (χ0v) is 17.1. The summed E-state index contributed by atoms with van der Waals surface area (Å²) in [5.74, 6) is -0.323. The van der Waals surface area contributed by atoms with Gasteiger partial charge in [0.2, 0.25) is 0 Å². The molecule has 1 unspecified atom stereocenters. The van der Waals surface area contributed by atoms with Crippen molar-refractivity contribution in [3.05, 3.63) is 89.0 Å². The van der Waals surface area contributed by atoms with E-state index < -0.39 is 12.1 Å². The van der Waals surface area contributed by atoms with Gasteiger partial charge >= 0.3 is 5.97 Å². The summed E-state index contributed by atoms with van der Waals surface area (Å²) in [6, 6.07) is 22.0. The Morgan fingerprint density at radius 2 is 1.68 bits per heavy atom. The van der Waals surface area contributed by atoms with Gasteiger partial charge in [0.25, 0.3) is 0 Å². The van der Waals surface area contributed by atoms with Crippen molar-refractivity contribution in [2.45, 2.75) is 43.1 Å². The fourth-order valence-electron chi connectivity index (χ4n) is 3.04. The lowest BCUT2D eigenvalue weighted by molar-refractivity contribution is -0.145. The zero-order valence-electron chi connectivity index (χ0n) is 16.3. The lowest BCUT2D eigenvalue weighted by Gasteiger charge is -2.19. The Bertz CT molecular complexity index is 967. The third kappa shape index (κ3) is 4.96. The van der Waals surface area contributed by atoms with E-state index in [-0.39, 0.29) is 0 Å². The molecular formula is C24H24O3S. The van der Waals surface area contributed by atoms with Gasteiger partial charge in [-0.25, -0.2) is 4.79 Å². The highest BCUT2D eigenvalue weighted by molar-refractivity contribution is 7.99.